The van der Waals surface area contributed by atoms with E-state index in [0.717, 1.165) is 18.3 Å². The van der Waals surface area contributed by atoms with Gasteiger partial charge in [0.25, 0.3) is 0 Å². The minimum Gasteiger partial charge on any atom is -0.458 e. The first-order valence-corrected chi connectivity index (χ1v) is 17.3. The van der Waals surface area contributed by atoms with Crippen LogP contribution in [0.2, 0.25) is 0 Å². The number of cyclic esters (lactones) is 1. The molecule has 4 saturated carbocycles. The number of fused-ring (bicyclic) bond motifs is 5. The van der Waals surface area contributed by atoms with E-state index in [9.17, 15) is 40.2 Å². The lowest BCUT2D eigenvalue weighted by Crippen LogP contribution is -2.69. The van der Waals surface area contributed by atoms with Crippen LogP contribution in [-0.2, 0) is 33.3 Å². The van der Waals surface area contributed by atoms with Gasteiger partial charge in [0.1, 0.15) is 37.3 Å². The summed E-state index contributed by atoms with van der Waals surface area (Å²) in [4.78, 5) is 25.0. The lowest BCUT2D eigenvalue weighted by atomic mass is 9.41. The van der Waals surface area contributed by atoms with Crippen LogP contribution in [0.1, 0.15) is 78.1 Å². The van der Waals surface area contributed by atoms with E-state index in [-0.39, 0.29) is 49.8 Å². The van der Waals surface area contributed by atoms with Gasteiger partial charge in [-0.25, -0.2) is 4.79 Å². The first-order valence-electron chi connectivity index (χ1n) is 17.3. The van der Waals surface area contributed by atoms with Gasteiger partial charge < -0.3 is 59.1 Å². The van der Waals surface area contributed by atoms with Crippen molar-refractivity contribution in [2.45, 2.75) is 145 Å². The lowest BCUT2D eigenvalue weighted by Gasteiger charge is -2.65. The molecule has 0 amide bonds. The Balaban J connectivity index is 1.01. The Morgan fingerprint density at radius 3 is 2.40 bits per heavy atom. The highest BCUT2D eigenvalue weighted by atomic mass is 16.7. The molecule has 0 aromatic rings. The first kappa shape index (κ1) is 34.0. The highest BCUT2D eigenvalue weighted by Crippen LogP contribution is 2.70. The van der Waals surface area contributed by atoms with Crippen LogP contribution in [-0.4, -0.2) is 123 Å². The maximum Gasteiger partial charge on any atom is 0.331 e. The Bertz CT molecular complexity index is 1250. The molecule has 6 fully saturated rings. The second-order valence-electron chi connectivity index (χ2n) is 15.7. The number of ether oxygens (including phenoxy) is 5. The average molecular weight is 667 g/mol. The average Bonchev–Trinajstić information content (AvgIpc) is 3.57. The quantitative estimate of drug-likeness (QED) is 0.128. The second-order valence-corrected chi connectivity index (χ2v) is 15.7. The summed E-state index contributed by atoms with van der Waals surface area (Å²) in [5.74, 6) is -0.635. The smallest absolute Gasteiger partial charge is 0.331 e. The summed E-state index contributed by atoms with van der Waals surface area (Å²) in [5, 5.41) is 65.7. The molecule has 0 spiro atoms. The van der Waals surface area contributed by atoms with Crippen molar-refractivity contribution < 1.29 is 63.9 Å². The van der Waals surface area contributed by atoms with Crippen molar-refractivity contribution in [2.24, 2.45) is 28.6 Å². The fraction of sp³-hybridized carbons (Fsp3) is 0.882. The molecule has 13 heteroatoms. The molecule has 3 aliphatic heterocycles. The van der Waals surface area contributed by atoms with Crippen LogP contribution >= 0.6 is 0 Å². The van der Waals surface area contributed by atoms with Gasteiger partial charge in [-0.1, -0.05) is 6.92 Å². The molecule has 6 N–H and O–H groups in total. The number of esters is 1. The van der Waals surface area contributed by atoms with Gasteiger partial charge in [-0.3, -0.25) is 0 Å². The van der Waals surface area contributed by atoms with E-state index in [1.54, 1.807) is 13.0 Å². The van der Waals surface area contributed by atoms with E-state index in [0.29, 0.717) is 44.9 Å². The maximum absolute atomic E-state index is 13.1. The van der Waals surface area contributed by atoms with Crippen LogP contribution in [0.5, 0.6) is 0 Å². The number of aliphatic hydroxyl groups excluding tert-OH is 4. The second kappa shape index (κ2) is 12.1. The summed E-state index contributed by atoms with van der Waals surface area (Å²) in [7, 11) is 0. The molecule has 0 aromatic heterocycles. The van der Waals surface area contributed by atoms with Gasteiger partial charge in [-0.05, 0) is 81.6 Å². The third-order valence-corrected chi connectivity index (χ3v) is 13.6. The number of hydrogen-bond acceptors (Lipinski definition) is 13. The van der Waals surface area contributed by atoms with Gasteiger partial charge in [-0.2, -0.15) is 0 Å². The normalized spacial score (nSPS) is 54.6. The third kappa shape index (κ3) is 5.18. The van der Waals surface area contributed by atoms with Crippen molar-refractivity contribution in [3.8, 4) is 0 Å². The molecule has 7 aliphatic rings. The van der Waals surface area contributed by atoms with Crippen molar-refractivity contribution in [3.05, 3.63) is 11.6 Å². The minimum atomic E-state index is -1.50. The van der Waals surface area contributed by atoms with Gasteiger partial charge in [0.2, 0.25) is 0 Å². The van der Waals surface area contributed by atoms with Crippen LogP contribution in [0.3, 0.4) is 0 Å². The molecule has 0 aromatic carbocycles. The minimum absolute atomic E-state index is 0.0370. The molecule has 7 rings (SSSR count). The van der Waals surface area contributed by atoms with Crippen LogP contribution in [0.4, 0.5) is 0 Å². The number of carbonyl (C=O) groups is 2. The fourth-order valence-corrected chi connectivity index (χ4v) is 11.0. The predicted octanol–water partition coefficient (Wildman–Crippen LogP) is 0.243. The van der Waals surface area contributed by atoms with E-state index >= 15 is 0 Å². The Kier molecular flexibility index (Phi) is 8.72. The first-order chi connectivity index (χ1) is 22.2. The van der Waals surface area contributed by atoms with Crippen LogP contribution in [0.15, 0.2) is 11.6 Å². The van der Waals surface area contributed by atoms with Crippen molar-refractivity contribution in [1.82, 2.24) is 0 Å². The molecule has 0 radical (unpaired) electrons. The highest BCUT2D eigenvalue weighted by Gasteiger charge is 2.71. The molecule has 4 aliphatic carbocycles. The number of aldehydes is 1. The van der Waals surface area contributed by atoms with E-state index in [4.69, 9.17) is 23.7 Å². The zero-order valence-electron chi connectivity index (χ0n) is 27.1. The summed E-state index contributed by atoms with van der Waals surface area (Å²) in [6, 6.07) is 0. The third-order valence-electron chi connectivity index (χ3n) is 13.6. The molecule has 2 saturated heterocycles. The fourth-order valence-electron chi connectivity index (χ4n) is 11.0. The zero-order chi connectivity index (χ0) is 33.5. The lowest BCUT2D eigenvalue weighted by molar-refractivity contribution is -0.331. The molecule has 13 nitrogen and oxygen atoms in total. The number of aliphatic hydroxyl groups is 6. The molecule has 264 valence electrons. The van der Waals surface area contributed by atoms with Gasteiger partial charge in [0, 0.05) is 24.3 Å². The Labute approximate surface area is 274 Å². The predicted molar refractivity (Wildman–Crippen MR) is 160 cm³/mol. The Morgan fingerprint density at radius 1 is 0.936 bits per heavy atom. The topological polar surface area (TPSA) is 202 Å². The highest BCUT2D eigenvalue weighted by molar-refractivity contribution is 5.85. The van der Waals surface area contributed by atoms with Crippen molar-refractivity contribution >= 4 is 12.3 Å². The Hall–Kier alpha value is -1.52. The monoisotopic (exact) mass is 666 g/mol. The van der Waals surface area contributed by atoms with Crippen molar-refractivity contribution in [1.29, 1.82) is 0 Å². The van der Waals surface area contributed by atoms with E-state index in [2.05, 4.69) is 6.92 Å². The molecule has 0 unspecified atom stereocenters. The summed E-state index contributed by atoms with van der Waals surface area (Å²) in [6.45, 7) is 3.86. The van der Waals surface area contributed by atoms with Crippen LogP contribution in [0.25, 0.3) is 0 Å². The van der Waals surface area contributed by atoms with Gasteiger partial charge in [-0.15, -0.1) is 0 Å². The molecular weight excluding hydrogens is 616 g/mol. The van der Waals surface area contributed by atoms with Gasteiger partial charge in [0.15, 0.2) is 12.6 Å². The molecule has 47 heavy (non-hydrogen) atoms. The van der Waals surface area contributed by atoms with Gasteiger partial charge >= 0.3 is 5.97 Å². The molecule has 3 heterocycles. The van der Waals surface area contributed by atoms with Crippen LogP contribution in [0, 0.1) is 28.6 Å². The van der Waals surface area contributed by atoms with E-state index in [1.165, 1.54) is 0 Å². The Morgan fingerprint density at radius 2 is 1.70 bits per heavy atom. The van der Waals surface area contributed by atoms with Gasteiger partial charge in [0.05, 0.1) is 41.5 Å². The summed E-state index contributed by atoms with van der Waals surface area (Å²) >= 11 is 0. The number of hydrogen-bond donors (Lipinski definition) is 6. The standard InChI is InChI=1S/C34H50O13/c1-17-29(47-30-28(40)27(39)24(37)15-44-30)23(36)12-26(45-17)46-19-3-8-32(16-35)21-4-7-31(2)20(18-11-25(38)43-14-18)6-10-34(31,42)22(21)5-9-33(32,41)13-19/h11,16-17,19-24,26-30,36-37,39-42H,3-10,12-15H2,1-2H3/t17-,19+,20-,21-,22+,23-,24-,26+,27-,28-,29+,30-,31+,32-,33-,34-/m0/s1. The summed E-state index contributed by atoms with van der Waals surface area (Å²) < 4.78 is 28.7. The summed E-state index contributed by atoms with van der Waals surface area (Å²) in [6.07, 6.45) is -1.89. The largest absolute Gasteiger partial charge is 0.458 e. The van der Waals surface area contributed by atoms with E-state index in [1.807, 2.05) is 0 Å². The molecule has 0 bridgehead atoms. The van der Waals surface area contributed by atoms with Crippen molar-refractivity contribution in [3.63, 3.8) is 0 Å². The zero-order valence-corrected chi connectivity index (χ0v) is 27.1. The van der Waals surface area contributed by atoms with Crippen LogP contribution < -0.4 is 0 Å². The molecular formula is C34H50O13. The summed E-state index contributed by atoms with van der Waals surface area (Å²) in [5.41, 5.74) is -2.86. The molecule has 16 atom stereocenters. The number of rotatable bonds is 6. The number of carbonyl (C=O) groups excluding carboxylic acids is 2. The van der Waals surface area contributed by atoms with Crippen molar-refractivity contribution in [2.75, 3.05) is 13.2 Å². The van der Waals surface area contributed by atoms with E-state index < -0.39 is 77.3 Å². The SMILES string of the molecule is C[C@@H]1O[C@H](O[C@@H]2CC[C@]3(C=O)[C@H]4CC[C@]5(C)[C@H](C6=CC(=O)OC6)CC[C@]5(O)[C@@H]4CC[C@]3(O)C2)C[C@H](O)[C@@H]1O[C@@H]1OC[C@H](O)[C@H](O)[C@@H]1O. The maximum atomic E-state index is 13.1.